The van der Waals surface area contributed by atoms with E-state index in [4.69, 9.17) is 4.74 Å². The second-order valence-electron chi connectivity index (χ2n) is 5.84. The zero-order valence-corrected chi connectivity index (χ0v) is 12.1. The van der Waals surface area contributed by atoms with Crippen molar-refractivity contribution in [1.82, 2.24) is 0 Å². The summed E-state index contributed by atoms with van der Waals surface area (Å²) in [6.45, 7) is 0.817. The number of hydrogen-bond acceptors (Lipinski definition) is 3. The average molecular weight is 278 g/mol. The van der Waals surface area contributed by atoms with Gasteiger partial charge in [-0.05, 0) is 42.9 Å². The molecule has 1 N–H and O–H groups in total. The lowest BCUT2D eigenvalue weighted by Crippen LogP contribution is -2.43. The Morgan fingerprint density at radius 2 is 2.21 bits per heavy atom. The lowest BCUT2D eigenvalue weighted by molar-refractivity contribution is -0.101. The van der Waals surface area contributed by atoms with Gasteiger partial charge in [-0.2, -0.15) is 11.8 Å². The zero-order chi connectivity index (χ0) is 13.1. The molecule has 2 aliphatic rings. The van der Waals surface area contributed by atoms with Gasteiger partial charge in [-0.1, -0.05) is 30.3 Å². The fourth-order valence-electron chi connectivity index (χ4n) is 3.28. The normalized spacial score (nSPS) is 32.6. The van der Waals surface area contributed by atoms with Crippen molar-refractivity contribution in [2.24, 2.45) is 5.92 Å². The van der Waals surface area contributed by atoms with Crippen molar-refractivity contribution >= 4 is 11.8 Å². The molecule has 2 aliphatic heterocycles. The van der Waals surface area contributed by atoms with Gasteiger partial charge in [0.05, 0.1) is 11.7 Å². The Hall–Kier alpha value is -0.510. The van der Waals surface area contributed by atoms with Crippen LogP contribution in [0.2, 0.25) is 0 Å². The Labute approximate surface area is 119 Å². The maximum absolute atomic E-state index is 10.5. The topological polar surface area (TPSA) is 29.5 Å². The van der Waals surface area contributed by atoms with Crippen molar-refractivity contribution < 1.29 is 9.84 Å². The van der Waals surface area contributed by atoms with E-state index in [0.29, 0.717) is 5.92 Å². The average Bonchev–Trinajstić information content (AvgIpc) is 2.88. The molecule has 3 atom stereocenters. The molecular formula is C16H22O2S. The first-order chi connectivity index (χ1) is 9.27. The van der Waals surface area contributed by atoms with Crippen LogP contribution in [0.15, 0.2) is 30.3 Å². The predicted molar refractivity (Wildman–Crippen MR) is 79.5 cm³/mol. The van der Waals surface area contributed by atoms with Crippen LogP contribution in [0, 0.1) is 5.92 Å². The molecule has 1 spiro atoms. The minimum Gasteiger partial charge on any atom is -0.392 e. The first-order valence-electron chi connectivity index (χ1n) is 7.21. The Bertz CT molecular complexity index is 400. The third-order valence-electron chi connectivity index (χ3n) is 4.43. The summed E-state index contributed by atoms with van der Waals surface area (Å²) < 4.78 is 6.03. The fourth-order valence-corrected chi connectivity index (χ4v) is 4.66. The van der Waals surface area contributed by atoms with Gasteiger partial charge in [0, 0.05) is 12.4 Å². The molecule has 2 fully saturated rings. The molecule has 3 unspecified atom stereocenters. The van der Waals surface area contributed by atoms with Gasteiger partial charge in [0.1, 0.15) is 0 Å². The van der Waals surface area contributed by atoms with Crippen LogP contribution < -0.4 is 0 Å². The van der Waals surface area contributed by atoms with Crippen molar-refractivity contribution in [3.63, 3.8) is 0 Å². The molecule has 1 aromatic carbocycles. The smallest absolute Gasteiger partial charge is 0.0783 e. The maximum Gasteiger partial charge on any atom is 0.0783 e. The van der Waals surface area contributed by atoms with Crippen LogP contribution >= 0.6 is 11.8 Å². The van der Waals surface area contributed by atoms with Crippen molar-refractivity contribution in [1.29, 1.82) is 0 Å². The third-order valence-corrected chi connectivity index (χ3v) is 5.65. The minimum absolute atomic E-state index is 0.0747. The lowest BCUT2D eigenvalue weighted by Gasteiger charge is -2.39. The number of hydrogen-bond donors (Lipinski definition) is 1. The molecule has 0 aliphatic carbocycles. The molecule has 104 valence electrons. The van der Waals surface area contributed by atoms with Gasteiger partial charge in [-0.25, -0.2) is 0 Å². The number of aliphatic hydroxyl groups is 1. The van der Waals surface area contributed by atoms with Crippen LogP contribution in [-0.4, -0.2) is 34.9 Å². The highest BCUT2D eigenvalue weighted by Gasteiger charge is 2.42. The molecule has 3 rings (SSSR count). The van der Waals surface area contributed by atoms with Gasteiger partial charge in [-0.3, -0.25) is 0 Å². The monoisotopic (exact) mass is 278 g/mol. The molecule has 0 amide bonds. The number of ether oxygens (including phenoxy) is 1. The summed E-state index contributed by atoms with van der Waals surface area (Å²) in [4.78, 5) is 0. The van der Waals surface area contributed by atoms with Crippen LogP contribution in [0.4, 0.5) is 0 Å². The van der Waals surface area contributed by atoms with E-state index < -0.39 is 0 Å². The van der Waals surface area contributed by atoms with E-state index in [0.717, 1.165) is 38.0 Å². The van der Waals surface area contributed by atoms with Crippen LogP contribution in [0.3, 0.4) is 0 Å². The number of benzene rings is 1. The van der Waals surface area contributed by atoms with E-state index in [2.05, 4.69) is 12.1 Å². The molecule has 0 aromatic heterocycles. The van der Waals surface area contributed by atoms with Crippen LogP contribution in [0.25, 0.3) is 0 Å². The molecule has 2 heterocycles. The van der Waals surface area contributed by atoms with Gasteiger partial charge >= 0.3 is 0 Å². The number of aliphatic hydroxyl groups excluding tert-OH is 1. The van der Waals surface area contributed by atoms with E-state index >= 15 is 0 Å². The second kappa shape index (κ2) is 5.86. The van der Waals surface area contributed by atoms with Crippen molar-refractivity contribution in [3.8, 4) is 0 Å². The molecule has 0 radical (unpaired) electrons. The molecule has 2 saturated heterocycles. The van der Waals surface area contributed by atoms with Gasteiger partial charge < -0.3 is 9.84 Å². The van der Waals surface area contributed by atoms with E-state index in [1.807, 2.05) is 30.0 Å². The first kappa shape index (κ1) is 13.5. The van der Waals surface area contributed by atoms with Crippen molar-refractivity contribution in [2.45, 2.75) is 37.4 Å². The van der Waals surface area contributed by atoms with E-state index in [1.165, 1.54) is 11.3 Å². The molecular weight excluding hydrogens is 256 g/mol. The highest BCUT2D eigenvalue weighted by Crippen LogP contribution is 2.41. The van der Waals surface area contributed by atoms with Gasteiger partial charge in [0.2, 0.25) is 0 Å². The van der Waals surface area contributed by atoms with Crippen LogP contribution in [0.5, 0.6) is 0 Å². The minimum atomic E-state index is -0.228. The van der Waals surface area contributed by atoms with Gasteiger partial charge in [0.15, 0.2) is 0 Å². The number of rotatable bonds is 3. The summed E-state index contributed by atoms with van der Waals surface area (Å²) in [5.74, 6) is 2.72. The van der Waals surface area contributed by atoms with Gasteiger partial charge in [0.25, 0.3) is 0 Å². The summed E-state index contributed by atoms with van der Waals surface area (Å²) in [6, 6.07) is 10.3. The quantitative estimate of drug-likeness (QED) is 0.922. The predicted octanol–water partition coefficient (Wildman–Crippen LogP) is 2.89. The molecule has 3 heteroatoms. The Kier molecular flexibility index (Phi) is 4.15. The highest BCUT2D eigenvalue weighted by molar-refractivity contribution is 7.99. The van der Waals surface area contributed by atoms with E-state index in [-0.39, 0.29) is 11.7 Å². The maximum atomic E-state index is 10.5. The van der Waals surface area contributed by atoms with Gasteiger partial charge in [-0.15, -0.1) is 0 Å². The summed E-state index contributed by atoms with van der Waals surface area (Å²) in [7, 11) is 0. The standard InChI is InChI=1S/C16H22O2S/c17-15(10-13-4-2-1-3-5-13)14-6-8-18-16(11-14)7-9-19-12-16/h1-5,14-15,17H,6-12H2. The summed E-state index contributed by atoms with van der Waals surface area (Å²) in [6.07, 6.45) is 3.74. The Balaban J connectivity index is 1.61. The largest absolute Gasteiger partial charge is 0.392 e. The second-order valence-corrected chi connectivity index (χ2v) is 6.95. The Morgan fingerprint density at radius 3 is 2.95 bits per heavy atom. The van der Waals surface area contributed by atoms with Crippen molar-refractivity contribution in [2.75, 3.05) is 18.1 Å². The van der Waals surface area contributed by atoms with Crippen LogP contribution in [-0.2, 0) is 11.2 Å². The van der Waals surface area contributed by atoms with E-state index in [9.17, 15) is 5.11 Å². The fraction of sp³-hybridized carbons (Fsp3) is 0.625. The third kappa shape index (κ3) is 3.15. The molecule has 0 saturated carbocycles. The molecule has 2 nitrogen and oxygen atoms in total. The highest BCUT2D eigenvalue weighted by atomic mass is 32.2. The van der Waals surface area contributed by atoms with E-state index in [1.54, 1.807) is 0 Å². The lowest BCUT2D eigenvalue weighted by atomic mass is 9.81. The zero-order valence-electron chi connectivity index (χ0n) is 11.3. The number of thioether (sulfide) groups is 1. The molecule has 19 heavy (non-hydrogen) atoms. The SMILES string of the molecule is OC(Cc1ccccc1)C1CCOC2(CCSC2)C1. The Morgan fingerprint density at radius 1 is 1.37 bits per heavy atom. The summed E-state index contributed by atoms with van der Waals surface area (Å²) in [5, 5.41) is 10.5. The summed E-state index contributed by atoms with van der Waals surface area (Å²) in [5.41, 5.74) is 1.31. The van der Waals surface area contributed by atoms with Crippen molar-refractivity contribution in [3.05, 3.63) is 35.9 Å². The first-order valence-corrected chi connectivity index (χ1v) is 8.37. The molecule has 0 bridgehead atoms. The molecule has 1 aromatic rings. The van der Waals surface area contributed by atoms with Crippen LogP contribution in [0.1, 0.15) is 24.8 Å². The summed E-state index contributed by atoms with van der Waals surface area (Å²) >= 11 is 1.99.